The lowest BCUT2D eigenvalue weighted by molar-refractivity contribution is -0.116. The number of rotatable bonds is 4. The van der Waals surface area contributed by atoms with Crippen molar-refractivity contribution in [1.82, 2.24) is 4.90 Å². The molecule has 6 heteroatoms. The first kappa shape index (κ1) is 16.5. The third kappa shape index (κ3) is 5.09. The van der Waals surface area contributed by atoms with Gasteiger partial charge in [-0.2, -0.15) is 11.8 Å². The summed E-state index contributed by atoms with van der Waals surface area (Å²) in [6.07, 6.45) is 0.475. The van der Waals surface area contributed by atoms with Gasteiger partial charge < -0.3 is 16.0 Å². The Bertz CT molecular complexity index is 522. The molecule has 4 nitrogen and oxygen atoms in total. The van der Waals surface area contributed by atoms with Crippen molar-refractivity contribution in [1.29, 1.82) is 0 Å². The highest BCUT2D eigenvalue weighted by molar-refractivity contribution is 8.00. The van der Waals surface area contributed by atoms with E-state index in [1.807, 2.05) is 11.8 Å². The SMILES string of the molecule is CC1(C)CN(CCC(=O)Nc2ccc(Cl)cc2N)CCS1. The van der Waals surface area contributed by atoms with Crippen molar-refractivity contribution in [2.75, 3.05) is 36.4 Å². The van der Waals surface area contributed by atoms with Crippen LogP contribution in [0.25, 0.3) is 0 Å². The Hall–Kier alpha value is -0.910. The van der Waals surface area contributed by atoms with Crippen LogP contribution in [-0.2, 0) is 4.79 Å². The highest BCUT2D eigenvalue weighted by Crippen LogP contribution is 2.29. The van der Waals surface area contributed by atoms with E-state index in [0.717, 1.165) is 25.4 Å². The van der Waals surface area contributed by atoms with Crippen molar-refractivity contribution < 1.29 is 4.79 Å². The van der Waals surface area contributed by atoms with E-state index >= 15 is 0 Å². The molecular weight excluding hydrogens is 306 g/mol. The molecule has 0 aromatic heterocycles. The van der Waals surface area contributed by atoms with Crippen LogP contribution in [0.5, 0.6) is 0 Å². The molecule has 21 heavy (non-hydrogen) atoms. The van der Waals surface area contributed by atoms with Gasteiger partial charge in [0.1, 0.15) is 0 Å². The highest BCUT2D eigenvalue weighted by Gasteiger charge is 2.26. The van der Waals surface area contributed by atoms with Gasteiger partial charge in [0.15, 0.2) is 0 Å². The second kappa shape index (κ2) is 6.90. The molecule has 116 valence electrons. The van der Waals surface area contributed by atoms with Gasteiger partial charge in [0.05, 0.1) is 11.4 Å². The van der Waals surface area contributed by atoms with Gasteiger partial charge >= 0.3 is 0 Å². The summed E-state index contributed by atoms with van der Waals surface area (Å²) in [6, 6.07) is 5.09. The van der Waals surface area contributed by atoms with Crippen molar-refractivity contribution in [3.63, 3.8) is 0 Å². The summed E-state index contributed by atoms with van der Waals surface area (Å²) < 4.78 is 0.273. The molecule has 1 aromatic carbocycles. The molecule has 1 saturated heterocycles. The van der Waals surface area contributed by atoms with E-state index in [-0.39, 0.29) is 10.7 Å². The number of nitrogen functional groups attached to an aromatic ring is 1. The first-order valence-corrected chi connectivity index (χ1v) is 8.43. The predicted molar refractivity (Wildman–Crippen MR) is 92.1 cm³/mol. The van der Waals surface area contributed by atoms with Crippen LogP contribution in [0.2, 0.25) is 5.02 Å². The quantitative estimate of drug-likeness (QED) is 0.834. The van der Waals surface area contributed by atoms with E-state index in [4.69, 9.17) is 17.3 Å². The van der Waals surface area contributed by atoms with Gasteiger partial charge in [-0.05, 0) is 32.0 Å². The number of hydrogen-bond acceptors (Lipinski definition) is 4. The third-order valence-electron chi connectivity index (χ3n) is 3.45. The smallest absolute Gasteiger partial charge is 0.225 e. The first-order valence-electron chi connectivity index (χ1n) is 7.07. The minimum absolute atomic E-state index is 0.0138. The van der Waals surface area contributed by atoms with E-state index in [1.54, 1.807) is 18.2 Å². The van der Waals surface area contributed by atoms with Gasteiger partial charge in [0.2, 0.25) is 5.91 Å². The zero-order chi connectivity index (χ0) is 15.5. The zero-order valence-corrected chi connectivity index (χ0v) is 14.1. The molecule has 2 rings (SSSR count). The fourth-order valence-electron chi connectivity index (χ4n) is 2.42. The molecule has 1 aromatic rings. The number of benzene rings is 1. The van der Waals surface area contributed by atoms with Gasteiger partial charge in [-0.3, -0.25) is 4.79 Å². The fraction of sp³-hybridized carbons (Fsp3) is 0.533. The molecule has 0 unspecified atom stereocenters. The summed E-state index contributed by atoms with van der Waals surface area (Å²) in [5.74, 6) is 1.11. The van der Waals surface area contributed by atoms with E-state index in [9.17, 15) is 4.79 Å². The van der Waals surface area contributed by atoms with Crippen LogP contribution < -0.4 is 11.1 Å². The molecule has 0 bridgehead atoms. The number of carbonyl (C=O) groups excluding carboxylic acids is 1. The van der Waals surface area contributed by atoms with Crippen molar-refractivity contribution in [2.45, 2.75) is 25.0 Å². The molecule has 1 fully saturated rings. The second-order valence-corrected chi connectivity index (χ2v) is 8.15. The second-order valence-electron chi connectivity index (χ2n) is 5.91. The van der Waals surface area contributed by atoms with E-state index < -0.39 is 0 Å². The summed E-state index contributed by atoms with van der Waals surface area (Å²) in [5.41, 5.74) is 6.95. The molecule has 1 amide bonds. The summed E-state index contributed by atoms with van der Waals surface area (Å²) in [5, 5.41) is 3.41. The fourth-order valence-corrected chi connectivity index (χ4v) is 3.78. The summed E-state index contributed by atoms with van der Waals surface area (Å²) in [7, 11) is 0. The highest BCUT2D eigenvalue weighted by atomic mass is 35.5. The average Bonchev–Trinajstić information content (AvgIpc) is 2.39. The van der Waals surface area contributed by atoms with Gasteiger partial charge in [-0.1, -0.05) is 11.6 Å². The summed E-state index contributed by atoms with van der Waals surface area (Å²) in [6.45, 7) is 7.35. The van der Waals surface area contributed by atoms with Crippen LogP contribution in [-0.4, -0.2) is 40.9 Å². The molecule has 0 radical (unpaired) electrons. The van der Waals surface area contributed by atoms with E-state index in [2.05, 4.69) is 24.1 Å². The molecule has 0 spiro atoms. The molecule has 1 aliphatic heterocycles. The average molecular weight is 328 g/mol. The molecule has 0 atom stereocenters. The Balaban J connectivity index is 1.82. The number of amides is 1. The standard InChI is InChI=1S/C15H22ClN3OS/c1-15(2)10-19(7-8-21-15)6-5-14(20)18-13-4-3-11(16)9-12(13)17/h3-4,9H,5-8,10,17H2,1-2H3,(H,18,20). The number of nitrogens with one attached hydrogen (secondary N) is 1. The first-order chi connectivity index (χ1) is 9.85. The molecule has 3 N–H and O–H groups in total. The van der Waals surface area contributed by atoms with Crippen LogP contribution >= 0.6 is 23.4 Å². The molecule has 0 aliphatic carbocycles. The number of thioether (sulfide) groups is 1. The Morgan fingerprint density at radius 1 is 1.52 bits per heavy atom. The van der Waals surface area contributed by atoms with Gasteiger partial charge in [-0.15, -0.1) is 0 Å². The van der Waals surface area contributed by atoms with Crippen molar-refractivity contribution >= 4 is 40.6 Å². The normalized spacial score (nSPS) is 18.4. The Morgan fingerprint density at radius 3 is 2.95 bits per heavy atom. The minimum atomic E-state index is -0.0138. The van der Waals surface area contributed by atoms with Crippen molar-refractivity contribution in [2.24, 2.45) is 0 Å². The van der Waals surface area contributed by atoms with Crippen molar-refractivity contribution in [3.8, 4) is 0 Å². The van der Waals surface area contributed by atoms with Crippen molar-refractivity contribution in [3.05, 3.63) is 23.2 Å². The van der Waals surface area contributed by atoms with E-state index in [0.29, 0.717) is 22.8 Å². The van der Waals surface area contributed by atoms with Crippen LogP contribution in [0, 0.1) is 0 Å². The molecule has 1 heterocycles. The topological polar surface area (TPSA) is 58.4 Å². The minimum Gasteiger partial charge on any atom is -0.397 e. The number of nitrogens with zero attached hydrogens (tertiary/aromatic N) is 1. The Labute approximate surface area is 135 Å². The Morgan fingerprint density at radius 2 is 2.29 bits per heavy atom. The number of halogens is 1. The van der Waals surface area contributed by atoms with Crippen LogP contribution in [0.3, 0.4) is 0 Å². The summed E-state index contributed by atoms with van der Waals surface area (Å²) in [4.78, 5) is 14.4. The maximum Gasteiger partial charge on any atom is 0.225 e. The van der Waals surface area contributed by atoms with Crippen LogP contribution in [0.1, 0.15) is 20.3 Å². The van der Waals surface area contributed by atoms with Gasteiger partial charge in [-0.25, -0.2) is 0 Å². The molecule has 1 aliphatic rings. The van der Waals surface area contributed by atoms with E-state index in [1.165, 1.54) is 0 Å². The number of hydrogen-bond donors (Lipinski definition) is 2. The monoisotopic (exact) mass is 327 g/mol. The Kier molecular flexibility index (Phi) is 5.41. The lowest BCUT2D eigenvalue weighted by Gasteiger charge is -2.37. The summed E-state index contributed by atoms with van der Waals surface area (Å²) >= 11 is 7.83. The third-order valence-corrected chi connectivity index (χ3v) is 4.98. The lowest BCUT2D eigenvalue weighted by Crippen LogP contribution is -2.44. The van der Waals surface area contributed by atoms with Gasteiger partial charge in [0, 0.05) is 41.6 Å². The maximum absolute atomic E-state index is 12.0. The number of carbonyl (C=O) groups is 1. The molecular formula is C15H22ClN3OS. The largest absolute Gasteiger partial charge is 0.397 e. The number of nitrogens with two attached hydrogens (primary N) is 1. The van der Waals surface area contributed by atoms with Gasteiger partial charge in [0.25, 0.3) is 0 Å². The predicted octanol–water partition coefficient (Wildman–Crippen LogP) is 3.08. The molecule has 0 saturated carbocycles. The number of anilines is 2. The van der Waals surface area contributed by atoms with Crippen LogP contribution in [0.15, 0.2) is 18.2 Å². The zero-order valence-electron chi connectivity index (χ0n) is 12.5. The van der Waals surface area contributed by atoms with Crippen LogP contribution in [0.4, 0.5) is 11.4 Å². The lowest BCUT2D eigenvalue weighted by atomic mass is 10.2. The maximum atomic E-state index is 12.0.